The van der Waals surface area contributed by atoms with Gasteiger partial charge in [-0.3, -0.25) is 14.4 Å². The first-order valence-corrected chi connectivity index (χ1v) is 6.78. The number of aromatic amines is 1. The molecule has 108 valence electrons. The largest absolute Gasteiger partial charge is 0.360 e. The molecule has 0 bridgehead atoms. The molecule has 0 spiro atoms. The van der Waals surface area contributed by atoms with Crippen molar-refractivity contribution in [2.75, 3.05) is 0 Å². The van der Waals surface area contributed by atoms with Gasteiger partial charge < -0.3 is 4.98 Å². The Morgan fingerprint density at radius 1 is 1.32 bits per heavy atom. The highest BCUT2D eigenvalue weighted by atomic mass is 19.1. The first-order chi connectivity index (χ1) is 10.8. The number of aldehydes is 1. The predicted molar refractivity (Wildman–Crippen MR) is 79.0 cm³/mol. The molecule has 4 rings (SSSR count). The van der Waals surface area contributed by atoms with E-state index in [0.29, 0.717) is 35.0 Å². The number of fused-ring (bicyclic) bond motifs is 3. The van der Waals surface area contributed by atoms with Crippen molar-refractivity contribution in [1.82, 2.24) is 14.5 Å². The molecule has 1 aliphatic rings. The maximum Gasteiger partial charge on any atom is 0.168 e. The van der Waals surface area contributed by atoms with Crippen molar-refractivity contribution in [2.24, 2.45) is 4.99 Å². The third-order valence-corrected chi connectivity index (χ3v) is 3.67. The Hall–Kier alpha value is -3.02. The van der Waals surface area contributed by atoms with Crippen molar-refractivity contribution in [1.29, 1.82) is 0 Å². The van der Waals surface area contributed by atoms with Crippen molar-refractivity contribution < 1.29 is 9.18 Å². The van der Waals surface area contributed by atoms with Crippen molar-refractivity contribution in [2.45, 2.75) is 6.54 Å². The first-order valence-electron chi connectivity index (χ1n) is 6.78. The van der Waals surface area contributed by atoms with Crippen molar-refractivity contribution in [3.63, 3.8) is 0 Å². The van der Waals surface area contributed by atoms with Gasteiger partial charge in [-0.05, 0) is 30.3 Å². The van der Waals surface area contributed by atoms with Crippen molar-refractivity contribution in [3.8, 4) is 5.69 Å². The highest BCUT2D eigenvalue weighted by molar-refractivity contribution is 6.14. The van der Waals surface area contributed by atoms with Crippen LogP contribution in [0.1, 0.15) is 27.6 Å². The molecule has 0 saturated carbocycles. The van der Waals surface area contributed by atoms with E-state index in [0.717, 1.165) is 12.0 Å². The lowest BCUT2D eigenvalue weighted by molar-refractivity contribution is 0.111. The molecule has 22 heavy (non-hydrogen) atoms. The Labute approximate surface area is 125 Å². The molecule has 3 aromatic rings. The Balaban J connectivity index is 2.03. The summed E-state index contributed by atoms with van der Waals surface area (Å²) in [6.07, 6.45) is 4.03. The maximum atomic E-state index is 13.8. The molecule has 6 heteroatoms. The average Bonchev–Trinajstić information content (AvgIpc) is 3.15. The van der Waals surface area contributed by atoms with Gasteiger partial charge in [0.25, 0.3) is 0 Å². The molecule has 1 aromatic carbocycles. The lowest BCUT2D eigenvalue weighted by Gasteiger charge is -2.12. The Morgan fingerprint density at radius 3 is 3.00 bits per heavy atom. The number of carbonyl (C=O) groups is 1. The van der Waals surface area contributed by atoms with Gasteiger partial charge in [0.1, 0.15) is 17.3 Å². The number of benzene rings is 1. The number of aromatic nitrogens is 3. The number of hydrogen-bond donors (Lipinski definition) is 1. The summed E-state index contributed by atoms with van der Waals surface area (Å²) in [5.74, 6) is 0.297. The number of carbonyl (C=O) groups excluding carboxylic acids is 1. The zero-order chi connectivity index (χ0) is 15.1. The van der Waals surface area contributed by atoms with E-state index in [9.17, 15) is 9.18 Å². The second-order valence-electron chi connectivity index (χ2n) is 4.96. The zero-order valence-electron chi connectivity index (χ0n) is 11.5. The molecule has 0 aliphatic carbocycles. The summed E-state index contributed by atoms with van der Waals surface area (Å²) in [6.45, 7) is 0.318. The molecule has 0 amide bonds. The summed E-state index contributed by atoms with van der Waals surface area (Å²) in [6, 6.07) is 8.18. The molecule has 5 nitrogen and oxygen atoms in total. The van der Waals surface area contributed by atoms with Crippen LogP contribution in [0.25, 0.3) is 5.69 Å². The molecule has 0 atom stereocenters. The molecule has 0 saturated heterocycles. The highest BCUT2D eigenvalue weighted by Crippen LogP contribution is 2.26. The van der Waals surface area contributed by atoms with Gasteiger partial charge in [-0.1, -0.05) is 0 Å². The lowest BCUT2D eigenvalue weighted by Crippen LogP contribution is -2.09. The van der Waals surface area contributed by atoms with Crippen LogP contribution in [0.4, 0.5) is 4.39 Å². The van der Waals surface area contributed by atoms with Gasteiger partial charge >= 0.3 is 0 Å². The maximum absolute atomic E-state index is 13.8. The SMILES string of the molecule is O=Cc1cnc2n1-c1ccc(F)cc1C(c1ccc[nH]1)=NC2. The standard InChI is InChI=1S/C16H11FN4O/c17-10-3-4-14-12(6-10)16(13-2-1-5-18-13)20-8-15-19-7-11(9-22)21(14)15/h1-7,9,18H,8H2. The Morgan fingerprint density at radius 2 is 2.23 bits per heavy atom. The fourth-order valence-corrected chi connectivity index (χ4v) is 2.71. The highest BCUT2D eigenvalue weighted by Gasteiger charge is 2.22. The van der Waals surface area contributed by atoms with Crippen molar-refractivity contribution in [3.05, 3.63) is 71.3 Å². The van der Waals surface area contributed by atoms with Gasteiger partial charge in [-0.25, -0.2) is 9.37 Å². The second-order valence-corrected chi connectivity index (χ2v) is 4.96. The Kier molecular flexibility index (Phi) is 2.75. The minimum atomic E-state index is -0.353. The van der Waals surface area contributed by atoms with Crippen LogP contribution in [-0.2, 0) is 6.54 Å². The van der Waals surface area contributed by atoms with Crippen LogP contribution in [0.2, 0.25) is 0 Å². The summed E-state index contributed by atoms with van der Waals surface area (Å²) in [5, 5.41) is 0. The molecule has 0 radical (unpaired) electrons. The number of H-pyrrole nitrogens is 1. The van der Waals surface area contributed by atoms with Crippen LogP contribution in [0.15, 0.2) is 47.7 Å². The molecular formula is C16H11FN4O. The van der Waals surface area contributed by atoms with Crippen molar-refractivity contribution >= 4 is 12.0 Å². The summed E-state index contributed by atoms with van der Waals surface area (Å²) in [7, 11) is 0. The van der Waals surface area contributed by atoms with Gasteiger partial charge in [0.2, 0.25) is 0 Å². The fraction of sp³-hybridized carbons (Fsp3) is 0.0625. The van der Waals surface area contributed by atoms with Crippen LogP contribution in [-0.4, -0.2) is 26.5 Å². The summed E-state index contributed by atoms with van der Waals surface area (Å²) < 4.78 is 15.5. The number of nitrogens with zero attached hydrogens (tertiary/aromatic N) is 3. The van der Waals surface area contributed by atoms with Gasteiger partial charge in [-0.15, -0.1) is 0 Å². The van der Waals surface area contributed by atoms with Gasteiger partial charge in [0.05, 0.1) is 29.8 Å². The van der Waals surface area contributed by atoms with E-state index in [1.54, 1.807) is 16.8 Å². The number of rotatable bonds is 2. The smallest absolute Gasteiger partial charge is 0.168 e. The molecule has 0 unspecified atom stereocenters. The van der Waals surface area contributed by atoms with E-state index in [-0.39, 0.29) is 5.82 Å². The van der Waals surface area contributed by atoms with Gasteiger partial charge in [-0.2, -0.15) is 0 Å². The third kappa shape index (κ3) is 1.81. The van der Waals surface area contributed by atoms with E-state index in [4.69, 9.17) is 0 Å². The van der Waals surface area contributed by atoms with E-state index >= 15 is 0 Å². The third-order valence-electron chi connectivity index (χ3n) is 3.67. The number of nitrogens with one attached hydrogen (secondary N) is 1. The van der Waals surface area contributed by atoms with E-state index in [2.05, 4.69) is 15.0 Å². The second kappa shape index (κ2) is 4.77. The molecular weight excluding hydrogens is 283 g/mol. The van der Waals surface area contributed by atoms with Crippen LogP contribution < -0.4 is 0 Å². The monoisotopic (exact) mass is 294 g/mol. The first kappa shape index (κ1) is 12.7. The molecule has 1 aliphatic heterocycles. The number of aliphatic imine (C=N–C) groups is 1. The van der Waals surface area contributed by atoms with Gasteiger partial charge in [0.15, 0.2) is 6.29 Å². The summed E-state index contributed by atoms with van der Waals surface area (Å²) >= 11 is 0. The van der Waals surface area contributed by atoms with Crippen LogP contribution >= 0.6 is 0 Å². The van der Waals surface area contributed by atoms with E-state index < -0.39 is 0 Å². The van der Waals surface area contributed by atoms with E-state index in [1.165, 1.54) is 18.3 Å². The summed E-state index contributed by atoms with van der Waals surface area (Å²) in [4.78, 5) is 23.2. The minimum absolute atomic E-state index is 0.318. The molecule has 2 aromatic heterocycles. The average molecular weight is 294 g/mol. The topological polar surface area (TPSA) is 63.0 Å². The molecule has 3 heterocycles. The fourth-order valence-electron chi connectivity index (χ4n) is 2.71. The van der Waals surface area contributed by atoms with Crippen LogP contribution in [0, 0.1) is 5.82 Å². The van der Waals surface area contributed by atoms with Crippen LogP contribution in [0.3, 0.4) is 0 Å². The quantitative estimate of drug-likeness (QED) is 0.738. The van der Waals surface area contributed by atoms with E-state index in [1.807, 2.05) is 12.1 Å². The minimum Gasteiger partial charge on any atom is -0.360 e. The molecule has 0 fully saturated rings. The Bertz CT molecular complexity index is 893. The number of imidazole rings is 1. The number of hydrogen-bond acceptors (Lipinski definition) is 3. The predicted octanol–water partition coefficient (Wildman–Crippen LogP) is 2.50. The molecule has 1 N–H and O–H groups in total. The van der Waals surface area contributed by atoms with Gasteiger partial charge in [0, 0.05) is 11.8 Å². The number of halogens is 1. The lowest BCUT2D eigenvalue weighted by atomic mass is 10.0. The zero-order valence-corrected chi connectivity index (χ0v) is 11.5. The summed E-state index contributed by atoms with van der Waals surface area (Å²) in [5.41, 5.74) is 3.20. The van der Waals surface area contributed by atoms with Crippen LogP contribution in [0.5, 0.6) is 0 Å². The normalized spacial score (nSPS) is 13.0.